The molecule has 0 radical (unpaired) electrons. The lowest BCUT2D eigenvalue weighted by atomic mass is 10.0. The van der Waals surface area contributed by atoms with Crippen LogP contribution in [0.15, 0.2) is 23.1 Å². The van der Waals surface area contributed by atoms with E-state index in [2.05, 4.69) is 24.1 Å². The summed E-state index contributed by atoms with van der Waals surface area (Å²) in [5.74, 6) is 0.396. The lowest BCUT2D eigenvalue weighted by Crippen LogP contribution is -2.43. The van der Waals surface area contributed by atoms with Crippen LogP contribution in [0.4, 0.5) is 0 Å². The summed E-state index contributed by atoms with van der Waals surface area (Å²) in [6.07, 6.45) is 3.82. The van der Waals surface area contributed by atoms with E-state index in [9.17, 15) is 13.2 Å². The molecular weight excluding hydrogens is 390 g/mol. The Morgan fingerprint density at radius 2 is 1.79 bits per heavy atom. The van der Waals surface area contributed by atoms with Crippen LogP contribution in [0, 0.1) is 5.92 Å². The highest BCUT2D eigenvalue weighted by Crippen LogP contribution is 2.26. The van der Waals surface area contributed by atoms with Gasteiger partial charge in [0, 0.05) is 25.7 Å². The summed E-state index contributed by atoms with van der Waals surface area (Å²) in [6, 6.07) is 4.70. The molecule has 1 aliphatic heterocycles. The first-order valence-corrected chi connectivity index (χ1v) is 11.7. The number of carbonyl (C=O) groups is 1. The van der Waals surface area contributed by atoms with Crippen molar-refractivity contribution in [1.29, 1.82) is 0 Å². The first kappa shape index (κ1) is 23.6. The van der Waals surface area contributed by atoms with E-state index >= 15 is 0 Å². The Balaban J connectivity index is 2.26. The van der Waals surface area contributed by atoms with Crippen molar-refractivity contribution in [2.45, 2.75) is 50.5 Å². The quantitative estimate of drug-likeness (QED) is 0.693. The van der Waals surface area contributed by atoms with Gasteiger partial charge in [0.2, 0.25) is 10.0 Å². The molecule has 8 heteroatoms. The van der Waals surface area contributed by atoms with Crippen LogP contribution in [0.2, 0.25) is 0 Å². The molecule has 1 saturated heterocycles. The number of ether oxygens (including phenoxy) is 1. The Kier molecular flexibility index (Phi) is 8.48. The largest absolute Gasteiger partial charge is 0.496 e. The summed E-state index contributed by atoms with van der Waals surface area (Å²) in [7, 11) is 1.80. The summed E-state index contributed by atoms with van der Waals surface area (Å²) in [5.41, 5.74) is 0.240. The fraction of sp³-hybridized carbons (Fsp3) is 0.667. The standard InChI is InChI=1S/C21H35N3O4S/c1-16(2)19(23(3)4)15-22-21(25)18-14-17(10-11-20(18)28-5)29(26,27)24-12-8-6-7-9-13-24/h10-11,14,16,19H,6-9,12-13,15H2,1-5H3,(H,22,25). The molecule has 1 unspecified atom stereocenters. The van der Waals surface area contributed by atoms with Gasteiger partial charge in [-0.25, -0.2) is 8.42 Å². The first-order chi connectivity index (χ1) is 13.7. The molecule has 1 aromatic carbocycles. The number of nitrogens with one attached hydrogen (secondary N) is 1. The van der Waals surface area contributed by atoms with Gasteiger partial charge in [-0.3, -0.25) is 4.79 Å². The zero-order valence-electron chi connectivity index (χ0n) is 18.3. The molecule has 1 N–H and O–H groups in total. The van der Waals surface area contributed by atoms with E-state index in [0.717, 1.165) is 25.7 Å². The third-order valence-corrected chi connectivity index (χ3v) is 7.42. The van der Waals surface area contributed by atoms with Crippen molar-refractivity contribution < 1.29 is 17.9 Å². The predicted octanol–water partition coefficient (Wildman–Crippen LogP) is 2.58. The molecule has 0 saturated carbocycles. The third kappa shape index (κ3) is 5.93. The fourth-order valence-electron chi connectivity index (χ4n) is 3.76. The van der Waals surface area contributed by atoms with Gasteiger partial charge in [0.15, 0.2) is 0 Å². The molecule has 0 bridgehead atoms. The molecule has 1 aromatic rings. The molecule has 7 nitrogen and oxygen atoms in total. The van der Waals surface area contributed by atoms with Gasteiger partial charge in [0.05, 0.1) is 17.6 Å². The average Bonchev–Trinajstić information content (AvgIpc) is 2.97. The second kappa shape index (κ2) is 10.4. The van der Waals surface area contributed by atoms with E-state index in [1.807, 2.05) is 14.1 Å². The van der Waals surface area contributed by atoms with Gasteiger partial charge in [-0.15, -0.1) is 0 Å². The van der Waals surface area contributed by atoms with Crippen molar-refractivity contribution in [1.82, 2.24) is 14.5 Å². The molecule has 1 fully saturated rings. The van der Waals surface area contributed by atoms with Crippen molar-refractivity contribution >= 4 is 15.9 Å². The van der Waals surface area contributed by atoms with Crippen LogP contribution in [0.25, 0.3) is 0 Å². The van der Waals surface area contributed by atoms with E-state index in [-0.39, 0.29) is 22.4 Å². The molecule has 1 aliphatic rings. The Morgan fingerprint density at radius 3 is 2.31 bits per heavy atom. The van der Waals surface area contributed by atoms with Gasteiger partial charge < -0.3 is 15.0 Å². The lowest BCUT2D eigenvalue weighted by Gasteiger charge is -2.28. The van der Waals surface area contributed by atoms with Crippen LogP contribution in [0.1, 0.15) is 49.9 Å². The highest BCUT2D eigenvalue weighted by Gasteiger charge is 2.27. The van der Waals surface area contributed by atoms with Crippen molar-refractivity contribution in [3.8, 4) is 5.75 Å². The van der Waals surface area contributed by atoms with Crippen molar-refractivity contribution in [2.24, 2.45) is 5.92 Å². The van der Waals surface area contributed by atoms with E-state index in [4.69, 9.17) is 4.74 Å². The molecule has 29 heavy (non-hydrogen) atoms. The van der Waals surface area contributed by atoms with Gasteiger partial charge >= 0.3 is 0 Å². The molecular formula is C21H35N3O4S. The summed E-state index contributed by atoms with van der Waals surface area (Å²) < 4.78 is 33.1. The molecule has 164 valence electrons. The zero-order chi connectivity index (χ0) is 21.6. The Hall–Kier alpha value is -1.64. The first-order valence-electron chi connectivity index (χ1n) is 10.3. The van der Waals surface area contributed by atoms with E-state index in [1.54, 1.807) is 6.07 Å². The van der Waals surface area contributed by atoms with Crippen LogP contribution < -0.4 is 10.1 Å². The number of nitrogens with zero attached hydrogens (tertiary/aromatic N) is 2. The minimum Gasteiger partial charge on any atom is -0.496 e. The molecule has 1 atom stereocenters. The highest BCUT2D eigenvalue weighted by atomic mass is 32.2. The zero-order valence-corrected chi connectivity index (χ0v) is 19.1. The minimum atomic E-state index is -3.63. The van der Waals surface area contributed by atoms with Crippen LogP contribution in [-0.2, 0) is 10.0 Å². The van der Waals surface area contributed by atoms with Crippen molar-refractivity contribution in [2.75, 3.05) is 40.8 Å². The maximum atomic E-state index is 13.1. The monoisotopic (exact) mass is 425 g/mol. The van der Waals surface area contributed by atoms with E-state index in [1.165, 1.54) is 23.5 Å². The maximum absolute atomic E-state index is 13.1. The number of benzene rings is 1. The number of sulfonamides is 1. The summed E-state index contributed by atoms with van der Waals surface area (Å²) in [6.45, 7) is 5.72. The number of rotatable bonds is 8. The number of likely N-dealkylation sites (N-methyl/N-ethyl adjacent to an activating group) is 1. The molecule has 2 rings (SSSR count). The smallest absolute Gasteiger partial charge is 0.255 e. The SMILES string of the molecule is COc1ccc(S(=O)(=O)N2CCCCCC2)cc1C(=O)NCC(C(C)C)N(C)C. The van der Waals surface area contributed by atoms with E-state index < -0.39 is 10.0 Å². The number of amides is 1. The average molecular weight is 426 g/mol. The fourth-order valence-corrected chi connectivity index (χ4v) is 5.31. The molecule has 0 aromatic heterocycles. The number of methoxy groups -OCH3 is 1. The lowest BCUT2D eigenvalue weighted by molar-refractivity contribution is 0.0931. The van der Waals surface area contributed by atoms with Gasteiger partial charge in [-0.2, -0.15) is 4.31 Å². The highest BCUT2D eigenvalue weighted by molar-refractivity contribution is 7.89. The summed E-state index contributed by atoms with van der Waals surface area (Å²) >= 11 is 0. The maximum Gasteiger partial charge on any atom is 0.255 e. The van der Waals surface area contributed by atoms with Crippen LogP contribution in [-0.4, -0.2) is 70.4 Å². The Bertz CT molecular complexity index is 777. The topological polar surface area (TPSA) is 79.0 Å². The van der Waals surface area contributed by atoms with Crippen molar-refractivity contribution in [3.05, 3.63) is 23.8 Å². The number of hydrogen-bond acceptors (Lipinski definition) is 5. The number of carbonyl (C=O) groups excluding carboxylic acids is 1. The van der Waals surface area contributed by atoms with Gasteiger partial charge in [-0.1, -0.05) is 26.7 Å². The Morgan fingerprint density at radius 1 is 1.17 bits per heavy atom. The summed E-state index contributed by atoms with van der Waals surface area (Å²) in [5, 5.41) is 2.94. The third-order valence-electron chi connectivity index (χ3n) is 5.52. The van der Waals surface area contributed by atoms with Crippen LogP contribution >= 0.6 is 0 Å². The second-order valence-corrected chi connectivity index (χ2v) is 10.1. The summed E-state index contributed by atoms with van der Waals surface area (Å²) in [4.78, 5) is 15.1. The van der Waals surface area contributed by atoms with Crippen molar-refractivity contribution in [3.63, 3.8) is 0 Å². The molecule has 1 heterocycles. The molecule has 0 spiro atoms. The van der Waals surface area contributed by atoms with Crippen LogP contribution in [0.5, 0.6) is 5.75 Å². The number of hydrogen-bond donors (Lipinski definition) is 1. The van der Waals surface area contributed by atoms with Gasteiger partial charge in [0.1, 0.15) is 5.75 Å². The van der Waals surface area contributed by atoms with Gasteiger partial charge in [-0.05, 0) is 51.1 Å². The van der Waals surface area contributed by atoms with Crippen LogP contribution in [0.3, 0.4) is 0 Å². The molecule has 0 aliphatic carbocycles. The predicted molar refractivity (Wildman–Crippen MR) is 115 cm³/mol. The molecule has 1 amide bonds. The second-order valence-electron chi connectivity index (χ2n) is 8.17. The van der Waals surface area contributed by atoms with Gasteiger partial charge in [0.25, 0.3) is 5.91 Å². The van der Waals surface area contributed by atoms with E-state index in [0.29, 0.717) is 31.3 Å². The minimum absolute atomic E-state index is 0.137. The normalized spacial score (nSPS) is 17.2. The Labute approximate surface area is 175 Å².